The maximum absolute atomic E-state index is 13.7. The average molecular weight is 291 g/mol. The number of halogens is 2. The Hall–Kier alpha value is -0.610. The summed E-state index contributed by atoms with van der Waals surface area (Å²) in [6.45, 7) is 5.55. The third kappa shape index (κ3) is 2.55. The minimum atomic E-state index is -0.892. The van der Waals surface area contributed by atoms with Gasteiger partial charge < -0.3 is 9.84 Å². The van der Waals surface area contributed by atoms with Gasteiger partial charge >= 0.3 is 0 Å². The summed E-state index contributed by atoms with van der Waals surface area (Å²) in [5.74, 6) is 0.0785. The van der Waals surface area contributed by atoms with Crippen molar-refractivity contribution in [2.24, 2.45) is 5.41 Å². The minimum absolute atomic E-state index is 0.242. The first-order valence-corrected chi connectivity index (χ1v) is 5.78. The van der Waals surface area contributed by atoms with Crippen LogP contribution < -0.4 is 4.74 Å². The highest BCUT2D eigenvalue weighted by Crippen LogP contribution is 2.41. The van der Waals surface area contributed by atoms with Crippen molar-refractivity contribution in [3.63, 3.8) is 0 Å². The molecule has 0 bridgehead atoms. The Morgan fingerprint density at radius 1 is 1.38 bits per heavy atom. The fourth-order valence-corrected chi connectivity index (χ4v) is 2.09. The van der Waals surface area contributed by atoms with E-state index in [-0.39, 0.29) is 5.56 Å². The summed E-state index contributed by atoms with van der Waals surface area (Å²) >= 11 is 3.26. The Balaban J connectivity index is 3.32. The van der Waals surface area contributed by atoms with Gasteiger partial charge in [0.1, 0.15) is 11.6 Å². The van der Waals surface area contributed by atoms with Gasteiger partial charge in [-0.15, -0.1) is 0 Å². The van der Waals surface area contributed by atoms with E-state index in [0.717, 1.165) is 0 Å². The lowest BCUT2D eigenvalue weighted by Gasteiger charge is -2.27. The smallest absolute Gasteiger partial charge is 0.133 e. The lowest BCUT2D eigenvalue weighted by Crippen LogP contribution is -2.19. The van der Waals surface area contributed by atoms with E-state index in [1.54, 1.807) is 0 Å². The van der Waals surface area contributed by atoms with Crippen LogP contribution >= 0.6 is 15.9 Å². The van der Waals surface area contributed by atoms with Crippen molar-refractivity contribution in [3.05, 3.63) is 28.0 Å². The van der Waals surface area contributed by atoms with E-state index in [1.165, 1.54) is 19.2 Å². The second-order valence-corrected chi connectivity index (χ2v) is 5.54. The number of hydrogen-bond acceptors (Lipinski definition) is 2. The molecule has 1 aromatic rings. The third-order valence-corrected chi connectivity index (χ3v) is 3.22. The van der Waals surface area contributed by atoms with Gasteiger partial charge in [0, 0.05) is 5.56 Å². The van der Waals surface area contributed by atoms with Crippen LogP contribution in [-0.4, -0.2) is 12.2 Å². The largest absolute Gasteiger partial charge is 0.496 e. The van der Waals surface area contributed by atoms with Crippen LogP contribution in [0.2, 0.25) is 0 Å². The Morgan fingerprint density at radius 3 is 2.38 bits per heavy atom. The monoisotopic (exact) mass is 290 g/mol. The SMILES string of the molecule is COc1ccc(F)c(C(O)C(C)(C)C)c1Br. The maximum atomic E-state index is 13.7. The second-order valence-electron chi connectivity index (χ2n) is 4.75. The zero-order chi connectivity index (χ0) is 12.5. The molecule has 0 fully saturated rings. The summed E-state index contributed by atoms with van der Waals surface area (Å²) < 4.78 is 19.3. The first-order valence-electron chi connectivity index (χ1n) is 4.99. The average Bonchev–Trinajstić information content (AvgIpc) is 2.16. The molecule has 0 aromatic heterocycles. The molecule has 1 atom stereocenters. The van der Waals surface area contributed by atoms with E-state index in [1.807, 2.05) is 20.8 Å². The molecular formula is C12H16BrFO2. The van der Waals surface area contributed by atoms with Crippen LogP contribution in [0, 0.1) is 11.2 Å². The van der Waals surface area contributed by atoms with Crippen molar-refractivity contribution >= 4 is 15.9 Å². The molecule has 0 heterocycles. The van der Waals surface area contributed by atoms with Crippen LogP contribution in [0.4, 0.5) is 4.39 Å². The summed E-state index contributed by atoms with van der Waals surface area (Å²) in [5, 5.41) is 10.1. The van der Waals surface area contributed by atoms with Crippen molar-refractivity contribution in [3.8, 4) is 5.75 Å². The molecule has 90 valence electrons. The minimum Gasteiger partial charge on any atom is -0.496 e. The molecule has 0 aliphatic rings. The van der Waals surface area contributed by atoms with Crippen molar-refractivity contribution < 1.29 is 14.2 Å². The number of benzene rings is 1. The normalized spacial score (nSPS) is 13.7. The van der Waals surface area contributed by atoms with Crippen molar-refractivity contribution in [2.45, 2.75) is 26.9 Å². The molecule has 0 amide bonds. The highest BCUT2D eigenvalue weighted by atomic mass is 79.9. The van der Waals surface area contributed by atoms with Crippen molar-refractivity contribution in [1.82, 2.24) is 0 Å². The molecule has 1 N–H and O–H groups in total. The molecule has 1 unspecified atom stereocenters. The molecule has 1 aromatic carbocycles. The highest BCUT2D eigenvalue weighted by molar-refractivity contribution is 9.10. The van der Waals surface area contributed by atoms with Crippen LogP contribution in [-0.2, 0) is 0 Å². The summed E-state index contributed by atoms with van der Waals surface area (Å²) in [4.78, 5) is 0. The molecule has 0 saturated carbocycles. The molecule has 2 nitrogen and oxygen atoms in total. The number of methoxy groups -OCH3 is 1. The van der Waals surface area contributed by atoms with Crippen molar-refractivity contribution in [1.29, 1.82) is 0 Å². The van der Waals surface area contributed by atoms with Crippen LogP contribution in [0.25, 0.3) is 0 Å². The predicted molar refractivity (Wildman–Crippen MR) is 65.1 cm³/mol. The lowest BCUT2D eigenvalue weighted by molar-refractivity contribution is 0.0585. The molecule has 16 heavy (non-hydrogen) atoms. The lowest BCUT2D eigenvalue weighted by atomic mass is 9.84. The number of aliphatic hydroxyl groups is 1. The van der Waals surface area contributed by atoms with Gasteiger partial charge in [0.25, 0.3) is 0 Å². The highest BCUT2D eigenvalue weighted by Gasteiger charge is 2.29. The second kappa shape index (κ2) is 4.72. The van der Waals surface area contributed by atoms with E-state index in [0.29, 0.717) is 10.2 Å². The summed E-state index contributed by atoms with van der Waals surface area (Å²) in [5.41, 5.74) is -0.192. The quantitative estimate of drug-likeness (QED) is 0.900. The molecule has 0 saturated heterocycles. The van der Waals surface area contributed by atoms with Gasteiger partial charge in [-0.05, 0) is 33.5 Å². The molecule has 1 rings (SSSR count). The van der Waals surface area contributed by atoms with E-state index in [4.69, 9.17) is 4.74 Å². The van der Waals surface area contributed by atoms with Gasteiger partial charge in [-0.3, -0.25) is 0 Å². The van der Waals surface area contributed by atoms with Crippen LogP contribution in [0.1, 0.15) is 32.4 Å². The van der Waals surface area contributed by atoms with Crippen LogP contribution in [0.15, 0.2) is 16.6 Å². The standard InChI is InChI=1S/C12H16BrFO2/c1-12(2,3)11(15)9-7(14)5-6-8(16-4)10(9)13/h5-6,11,15H,1-4H3. The van der Waals surface area contributed by atoms with Gasteiger partial charge in [0.2, 0.25) is 0 Å². The third-order valence-electron chi connectivity index (χ3n) is 2.40. The van der Waals surface area contributed by atoms with Gasteiger partial charge in [-0.1, -0.05) is 20.8 Å². The van der Waals surface area contributed by atoms with Gasteiger partial charge in [0.05, 0.1) is 17.7 Å². The zero-order valence-electron chi connectivity index (χ0n) is 9.84. The summed E-state index contributed by atoms with van der Waals surface area (Å²) in [6, 6.07) is 2.83. The van der Waals surface area contributed by atoms with E-state index in [9.17, 15) is 9.50 Å². The van der Waals surface area contributed by atoms with Gasteiger partial charge in [-0.2, -0.15) is 0 Å². The van der Waals surface area contributed by atoms with E-state index < -0.39 is 17.3 Å². The first-order chi connectivity index (χ1) is 7.29. The molecule has 0 aliphatic carbocycles. The number of ether oxygens (including phenoxy) is 1. The summed E-state index contributed by atoms with van der Waals surface area (Å²) in [6.07, 6.45) is -0.892. The topological polar surface area (TPSA) is 29.5 Å². The Bertz CT molecular complexity index is 385. The van der Waals surface area contributed by atoms with Gasteiger partial charge in [-0.25, -0.2) is 4.39 Å². The molecule has 0 spiro atoms. The molecular weight excluding hydrogens is 275 g/mol. The fraction of sp³-hybridized carbons (Fsp3) is 0.500. The van der Waals surface area contributed by atoms with Crippen LogP contribution in [0.5, 0.6) is 5.75 Å². The Morgan fingerprint density at radius 2 is 1.94 bits per heavy atom. The molecule has 4 heteroatoms. The first kappa shape index (κ1) is 13.5. The van der Waals surface area contributed by atoms with Crippen LogP contribution in [0.3, 0.4) is 0 Å². The molecule has 0 radical (unpaired) electrons. The Kier molecular flexibility index (Phi) is 3.97. The molecule has 0 aliphatic heterocycles. The summed E-state index contributed by atoms with van der Waals surface area (Å²) in [7, 11) is 1.51. The number of rotatable bonds is 2. The predicted octanol–water partition coefficient (Wildman–Crippen LogP) is 3.68. The number of hydrogen-bond donors (Lipinski definition) is 1. The van der Waals surface area contributed by atoms with Gasteiger partial charge in [0.15, 0.2) is 0 Å². The van der Waals surface area contributed by atoms with E-state index >= 15 is 0 Å². The zero-order valence-corrected chi connectivity index (χ0v) is 11.4. The van der Waals surface area contributed by atoms with E-state index in [2.05, 4.69) is 15.9 Å². The Labute approximate surface area is 104 Å². The maximum Gasteiger partial charge on any atom is 0.133 e. The number of aliphatic hydroxyl groups excluding tert-OH is 1. The fourth-order valence-electron chi connectivity index (χ4n) is 1.39. The van der Waals surface area contributed by atoms with Crippen molar-refractivity contribution in [2.75, 3.05) is 7.11 Å².